The number of pyridine rings is 2. The van der Waals surface area contributed by atoms with E-state index in [1.54, 1.807) is 6.07 Å². The first-order valence-corrected chi connectivity index (χ1v) is 13.1. The van der Waals surface area contributed by atoms with Crippen LogP contribution in [0, 0.1) is 6.92 Å². The summed E-state index contributed by atoms with van der Waals surface area (Å²) < 4.78 is 8.49. The molecule has 3 aromatic heterocycles. The zero-order chi connectivity index (χ0) is 26.6. The molecule has 3 heterocycles. The third-order valence-corrected chi connectivity index (χ3v) is 7.20. The summed E-state index contributed by atoms with van der Waals surface area (Å²) in [7, 11) is 0. The summed E-state index contributed by atoms with van der Waals surface area (Å²) in [5.41, 5.74) is 6.19. The first kappa shape index (κ1) is 24.0. The zero-order valence-electron chi connectivity index (χ0n) is 22.4. The molecule has 6 aromatic rings. The van der Waals surface area contributed by atoms with E-state index in [9.17, 15) is 5.11 Å². The summed E-state index contributed by atoms with van der Waals surface area (Å²) in [6.07, 6.45) is 1.90. The molecule has 0 aliphatic heterocycles. The molecule has 6 rings (SSSR count). The Hall–Kier alpha value is -4.38. The molecule has 0 radical (unpaired) electrons. The quantitative estimate of drug-likeness (QED) is 0.256. The van der Waals surface area contributed by atoms with Crippen molar-refractivity contribution in [2.75, 3.05) is 0 Å². The Morgan fingerprint density at radius 3 is 2.42 bits per heavy atom. The molecule has 0 aliphatic rings. The highest BCUT2D eigenvalue weighted by Gasteiger charge is 2.18. The summed E-state index contributed by atoms with van der Waals surface area (Å²) in [5, 5.41) is 13.9. The van der Waals surface area contributed by atoms with Crippen LogP contribution in [0.15, 0.2) is 79.0 Å². The monoisotopic (exact) mass is 501 g/mol. The van der Waals surface area contributed by atoms with Crippen LogP contribution in [0.4, 0.5) is 0 Å². The van der Waals surface area contributed by atoms with Crippen molar-refractivity contribution in [3.8, 4) is 23.2 Å². The van der Waals surface area contributed by atoms with Gasteiger partial charge in [0.15, 0.2) is 0 Å². The number of benzene rings is 3. The van der Waals surface area contributed by atoms with Gasteiger partial charge in [0.1, 0.15) is 22.8 Å². The van der Waals surface area contributed by atoms with Gasteiger partial charge >= 0.3 is 0 Å². The molecule has 0 spiro atoms. The second kappa shape index (κ2) is 9.18. The maximum atomic E-state index is 10.6. The summed E-state index contributed by atoms with van der Waals surface area (Å²) in [4.78, 5) is 9.41. The number of aromatic hydroxyl groups is 1. The van der Waals surface area contributed by atoms with Crippen LogP contribution in [0.5, 0.6) is 17.4 Å². The number of phenolic OH excluding ortho intramolecular Hbond substituents is 1. The fourth-order valence-corrected chi connectivity index (χ4v) is 5.16. The fourth-order valence-electron chi connectivity index (χ4n) is 5.16. The second-order valence-corrected chi connectivity index (χ2v) is 10.6. The second-order valence-electron chi connectivity index (χ2n) is 10.6. The lowest BCUT2D eigenvalue weighted by Gasteiger charge is -2.13. The molecule has 3 aromatic carbocycles. The van der Waals surface area contributed by atoms with Crippen LogP contribution in [0.2, 0.25) is 0 Å². The molecule has 0 amide bonds. The molecule has 5 nitrogen and oxygen atoms in total. The molecule has 38 heavy (non-hydrogen) atoms. The molecule has 5 heteroatoms. The summed E-state index contributed by atoms with van der Waals surface area (Å²) in [6.45, 7) is 10.7. The molecule has 0 aliphatic carbocycles. The van der Waals surface area contributed by atoms with E-state index in [1.165, 1.54) is 16.5 Å². The first-order valence-electron chi connectivity index (χ1n) is 13.1. The summed E-state index contributed by atoms with van der Waals surface area (Å²) in [6, 6.07) is 24.5. The van der Waals surface area contributed by atoms with E-state index in [0.29, 0.717) is 29.0 Å². The molecule has 0 unspecified atom stereocenters. The molecule has 0 fully saturated rings. The largest absolute Gasteiger partial charge is 0.506 e. The number of hydrogen-bond acceptors (Lipinski definition) is 4. The highest BCUT2D eigenvalue weighted by molar-refractivity contribution is 6.10. The molecule has 0 bridgehead atoms. The Morgan fingerprint density at radius 1 is 0.842 bits per heavy atom. The van der Waals surface area contributed by atoms with E-state index in [-0.39, 0.29) is 5.75 Å². The Labute approximate surface area is 222 Å². The standard InChI is InChI=1S/C33H31N3O2/c1-19(2)23-15-22-10-14-31(35-32(22)29(37)16-23)38-24-11-12-26-27-8-6-7-25(20(3)4)33(27)36(28(26)17-24)30-13-9-21(5)18-34-30/h6-20,37H,1-5H3. The number of fused-ring (bicyclic) bond motifs is 4. The molecular weight excluding hydrogens is 470 g/mol. The third kappa shape index (κ3) is 4.04. The van der Waals surface area contributed by atoms with Gasteiger partial charge in [-0.1, -0.05) is 52.0 Å². The molecule has 0 atom stereocenters. The van der Waals surface area contributed by atoms with Gasteiger partial charge in [0.05, 0.1) is 11.0 Å². The van der Waals surface area contributed by atoms with Crippen LogP contribution in [-0.4, -0.2) is 19.6 Å². The minimum atomic E-state index is 0.166. The average molecular weight is 502 g/mol. The molecule has 0 saturated carbocycles. The first-order chi connectivity index (χ1) is 18.3. The maximum absolute atomic E-state index is 10.6. The van der Waals surface area contributed by atoms with Crippen molar-refractivity contribution in [3.05, 3.63) is 95.7 Å². The Bertz CT molecular complexity index is 1810. The van der Waals surface area contributed by atoms with E-state index < -0.39 is 0 Å². The van der Waals surface area contributed by atoms with Crippen LogP contribution in [0.25, 0.3) is 38.5 Å². The number of rotatable bonds is 5. The molecular formula is C33H31N3O2. The normalized spacial score (nSPS) is 11.9. The Morgan fingerprint density at radius 2 is 1.68 bits per heavy atom. The Kier molecular flexibility index (Phi) is 5.79. The minimum Gasteiger partial charge on any atom is -0.506 e. The Balaban J connectivity index is 1.50. The van der Waals surface area contributed by atoms with Gasteiger partial charge in [-0.25, -0.2) is 9.97 Å². The minimum absolute atomic E-state index is 0.166. The van der Waals surface area contributed by atoms with Crippen molar-refractivity contribution in [1.29, 1.82) is 0 Å². The van der Waals surface area contributed by atoms with Gasteiger partial charge in [0.2, 0.25) is 5.88 Å². The van der Waals surface area contributed by atoms with Gasteiger partial charge in [-0.05, 0) is 71.8 Å². The van der Waals surface area contributed by atoms with Gasteiger partial charge in [0, 0.05) is 34.5 Å². The van der Waals surface area contributed by atoms with Crippen molar-refractivity contribution in [2.45, 2.75) is 46.5 Å². The van der Waals surface area contributed by atoms with Crippen LogP contribution < -0.4 is 4.74 Å². The zero-order valence-corrected chi connectivity index (χ0v) is 22.4. The predicted molar refractivity (Wildman–Crippen MR) is 155 cm³/mol. The van der Waals surface area contributed by atoms with Crippen molar-refractivity contribution in [2.24, 2.45) is 0 Å². The number of aryl methyl sites for hydroxylation is 1. The highest BCUT2D eigenvalue weighted by atomic mass is 16.5. The number of aromatic nitrogens is 3. The van der Waals surface area contributed by atoms with Crippen molar-refractivity contribution in [1.82, 2.24) is 14.5 Å². The lowest BCUT2D eigenvalue weighted by Crippen LogP contribution is -2.00. The van der Waals surface area contributed by atoms with Crippen molar-refractivity contribution < 1.29 is 9.84 Å². The van der Waals surface area contributed by atoms with Crippen LogP contribution in [0.1, 0.15) is 56.2 Å². The van der Waals surface area contributed by atoms with E-state index in [0.717, 1.165) is 33.2 Å². The smallest absolute Gasteiger partial charge is 0.219 e. The van der Waals surface area contributed by atoms with Crippen molar-refractivity contribution >= 4 is 32.7 Å². The van der Waals surface area contributed by atoms with E-state index in [2.05, 4.69) is 85.8 Å². The summed E-state index contributed by atoms with van der Waals surface area (Å²) >= 11 is 0. The number of phenols is 1. The van der Waals surface area contributed by atoms with Gasteiger partial charge in [-0.2, -0.15) is 0 Å². The number of ether oxygens (including phenoxy) is 1. The van der Waals surface area contributed by atoms with E-state index in [1.807, 2.05) is 31.3 Å². The summed E-state index contributed by atoms with van der Waals surface area (Å²) in [5.74, 6) is 2.82. The van der Waals surface area contributed by atoms with Crippen LogP contribution in [-0.2, 0) is 0 Å². The highest BCUT2D eigenvalue weighted by Crippen LogP contribution is 2.38. The van der Waals surface area contributed by atoms with Gasteiger partial charge in [0.25, 0.3) is 0 Å². The topological polar surface area (TPSA) is 60.2 Å². The van der Waals surface area contributed by atoms with Crippen molar-refractivity contribution in [3.63, 3.8) is 0 Å². The van der Waals surface area contributed by atoms with Crippen LogP contribution >= 0.6 is 0 Å². The van der Waals surface area contributed by atoms with E-state index in [4.69, 9.17) is 9.72 Å². The maximum Gasteiger partial charge on any atom is 0.219 e. The molecule has 0 saturated heterocycles. The van der Waals surface area contributed by atoms with Crippen LogP contribution in [0.3, 0.4) is 0 Å². The lowest BCUT2D eigenvalue weighted by molar-refractivity contribution is 0.460. The van der Waals surface area contributed by atoms with Gasteiger partial charge in [-0.15, -0.1) is 0 Å². The third-order valence-electron chi connectivity index (χ3n) is 7.20. The van der Waals surface area contributed by atoms with Gasteiger partial charge in [-0.3, -0.25) is 4.57 Å². The SMILES string of the molecule is Cc1ccc(-n2c3cc(Oc4ccc5cc(C(C)C)cc(O)c5n4)ccc3c3cccc(C(C)C)c32)nc1. The molecule has 1 N–H and O–H groups in total. The number of hydrogen-bond donors (Lipinski definition) is 1. The van der Waals surface area contributed by atoms with E-state index >= 15 is 0 Å². The molecule has 190 valence electrons. The van der Waals surface area contributed by atoms with Gasteiger partial charge < -0.3 is 9.84 Å². The lowest BCUT2D eigenvalue weighted by atomic mass is 10.00. The number of para-hydroxylation sites is 1. The fraction of sp³-hybridized carbons (Fsp3) is 0.212. The average Bonchev–Trinajstić information content (AvgIpc) is 3.23. The number of nitrogens with zero attached hydrogens (tertiary/aromatic N) is 3. The predicted octanol–water partition coefficient (Wildman–Crippen LogP) is 8.78.